The van der Waals surface area contributed by atoms with Crippen molar-refractivity contribution in [3.63, 3.8) is 0 Å². The molecule has 0 nitrogen and oxygen atoms in total. The molecule has 0 spiro atoms. The molecule has 0 aromatic heterocycles. The Hall–Kier alpha value is -0.594. The second-order valence-corrected chi connectivity index (χ2v) is 6.98. The Kier molecular flexibility index (Phi) is 21.1. The van der Waals surface area contributed by atoms with Gasteiger partial charge in [0.25, 0.3) is 0 Å². The molecule has 2 aliphatic rings. The molecule has 0 unspecified atom stereocenters. The van der Waals surface area contributed by atoms with Crippen molar-refractivity contribution in [1.29, 1.82) is 0 Å². The Labute approximate surface area is 229 Å². The Balaban J connectivity index is -0.000000437. The molecule has 4 heteroatoms. The molecule has 0 fully saturated rings. The van der Waals surface area contributed by atoms with Crippen LogP contribution >= 0.6 is 24.8 Å². The molecule has 0 saturated carbocycles. The van der Waals surface area contributed by atoms with Crippen molar-refractivity contribution in [2.75, 3.05) is 0 Å². The first-order chi connectivity index (χ1) is 13.5. The summed E-state index contributed by atoms with van der Waals surface area (Å²) < 4.78 is 0. The van der Waals surface area contributed by atoms with Gasteiger partial charge >= 0.3 is 33.7 Å². The van der Waals surface area contributed by atoms with E-state index in [1.807, 2.05) is 0 Å². The minimum atomic E-state index is 0. The van der Waals surface area contributed by atoms with Gasteiger partial charge in [-0.05, 0) is 13.8 Å². The van der Waals surface area contributed by atoms with Gasteiger partial charge in [0.05, 0.1) is 0 Å². The molecule has 0 N–H and O–H groups in total. The van der Waals surface area contributed by atoms with Crippen molar-refractivity contribution < 1.29 is 21.6 Å². The van der Waals surface area contributed by atoms with Crippen LogP contribution in [-0.4, -0.2) is 12.1 Å². The molecule has 0 bridgehead atoms. The van der Waals surface area contributed by atoms with Crippen molar-refractivity contribution in [2.45, 2.75) is 40.5 Å². The van der Waals surface area contributed by atoms with Crippen molar-refractivity contribution in [2.24, 2.45) is 0 Å². The average Bonchev–Trinajstić information content (AvgIpc) is 3.34. The van der Waals surface area contributed by atoms with Crippen LogP contribution in [0.3, 0.4) is 0 Å². The standard InChI is InChI=1S/2C13H13.2CH3.2ClH.GeH2.Zr/c2*1-10-6-8-12(9-7-10)13-5-3-4-11(13)2;;;;;;/h2*5-9H,3H2,1-2H3;2*1H3;2*1H;1H2;/q4*-1;;;;. The molecule has 32 heavy (non-hydrogen) atoms. The fourth-order valence-corrected chi connectivity index (χ4v) is 3.24. The van der Waals surface area contributed by atoms with E-state index in [-0.39, 0.29) is 39.7 Å². The second kappa shape index (κ2) is 18.8. The van der Waals surface area contributed by atoms with Gasteiger partial charge in [-0.1, -0.05) is 73.5 Å². The SMILES string of the molecule is CC1=[C-]CC=C1c1ccc(C)cc1.CC1=[C-]CC=C1c1ccc(C)cc1.Cl.Cl.[CH3-].[CH3-].[GeH2]=[Zr]. The van der Waals surface area contributed by atoms with E-state index in [0.29, 0.717) is 0 Å². The summed E-state index contributed by atoms with van der Waals surface area (Å²) >= 11 is 3.14. The third-order valence-corrected chi connectivity index (χ3v) is 4.88. The summed E-state index contributed by atoms with van der Waals surface area (Å²) in [7, 11) is 0. The maximum absolute atomic E-state index is 3.31. The molecule has 0 amide bonds. The van der Waals surface area contributed by atoms with E-state index in [4.69, 9.17) is 0 Å². The minimum absolute atomic E-state index is 0. The zero-order valence-electron chi connectivity index (χ0n) is 20.2. The second-order valence-electron chi connectivity index (χ2n) is 6.98. The topological polar surface area (TPSA) is 0 Å². The fourth-order valence-electron chi connectivity index (χ4n) is 3.24. The zero-order valence-corrected chi connectivity index (χ0v) is 27.3. The number of allylic oxidation sites excluding steroid dienone is 8. The summed E-state index contributed by atoms with van der Waals surface area (Å²) in [6.07, 6.45) is 13.0. The quantitative estimate of drug-likeness (QED) is 0.241. The van der Waals surface area contributed by atoms with Crippen LogP contribution in [0, 0.1) is 40.9 Å². The molecule has 0 aliphatic heterocycles. The van der Waals surface area contributed by atoms with Crippen LogP contribution in [0.5, 0.6) is 0 Å². The first-order valence-electron chi connectivity index (χ1n) is 9.60. The van der Waals surface area contributed by atoms with Gasteiger partial charge in [-0.15, -0.1) is 48.8 Å². The van der Waals surface area contributed by atoms with E-state index in [1.54, 1.807) is 21.6 Å². The van der Waals surface area contributed by atoms with Crippen LogP contribution in [0.25, 0.3) is 11.1 Å². The van der Waals surface area contributed by atoms with Crippen LogP contribution in [0.4, 0.5) is 0 Å². The van der Waals surface area contributed by atoms with Gasteiger partial charge in [-0.3, -0.25) is 12.2 Å². The van der Waals surface area contributed by atoms with Crippen molar-refractivity contribution >= 4 is 48.1 Å². The van der Waals surface area contributed by atoms with Gasteiger partial charge in [0, 0.05) is 0 Å². The number of rotatable bonds is 2. The Morgan fingerprint density at radius 3 is 1.09 bits per heavy atom. The van der Waals surface area contributed by atoms with Crippen LogP contribution in [0.2, 0.25) is 0 Å². The summed E-state index contributed by atoms with van der Waals surface area (Å²) in [6, 6.07) is 17.3. The molecular formula is C28H36Cl2GeZr-4. The number of aryl methyl sites for hydroxylation is 2. The first-order valence-corrected chi connectivity index (χ1v) is 20.1. The average molecular weight is 607 g/mol. The van der Waals surface area contributed by atoms with Gasteiger partial charge in [-0.2, -0.15) is 23.3 Å². The summed E-state index contributed by atoms with van der Waals surface area (Å²) in [4.78, 5) is 0. The Morgan fingerprint density at radius 2 is 0.875 bits per heavy atom. The zero-order chi connectivity index (χ0) is 20.5. The van der Waals surface area contributed by atoms with Crippen LogP contribution in [0.15, 0.2) is 71.8 Å². The Morgan fingerprint density at radius 1 is 0.594 bits per heavy atom. The van der Waals surface area contributed by atoms with Gasteiger partial charge in [0.2, 0.25) is 0 Å². The van der Waals surface area contributed by atoms with Crippen molar-refractivity contribution in [1.82, 2.24) is 0 Å². The molecular weight excluding hydrogens is 571 g/mol. The summed E-state index contributed by atoms with van der Waals surface area (Å²) in [5.41, 5.74) is 10.5. The van der Waals surface area contributed by atoms with E-state index >= 15 is 0 Å². The monoisotopic (exact) mass is 606 g/mol. The first kappa shape index (κ1) is 36.0. The van der Waals surface area contributed by atoms with E-state index in [9.17, 15) is 0 Å². The van der Waals surface area contributed by atoms with Crippen molar-refractivity contribution in [3.8, 4) is 0 Å². The predicted octanol–water partition coefficient (Wildman–Crippen LogP) is 7.89. The molecule has 0 saturated heterocycles. The molecule has 4 rings (SSSR count). The van der Waals surface area contributed by atoms with Crippen LogP contribution < -0.4 is 0 Å². The third-order valence-electron chi connectivity index (χ3n) is 4.88. The van der Waals surface area contributed by atoms with E-state index in [0.717, 1.165) is 12.8 Å². The fraction of sp³-hybridized carbons (Fsp3) is 0.214. The number of hydrogen-bond donors (Lipinski definition) is 0. The van der Waals surface area contributed by atoms with Crippen molar-refractivity contribution in [3.05, 3.63) is 121 Å². The third kappa shape index (κ3) is 10.6. The van der Waals surface area contributed by atoms with Gasteiger partial charge in [0.1, 0.15) is 0 Å². The summed E-state index contributed by atoms with van der Waals surface area (Å²) in [5, 5.41) is 0. The van der Waals surface area contributed by atoms with E-state index in [1.165, 1.54) is 56.7 Å². The van der Waals surface area contributed by atoms with Crippen LogP contribution in [-0.2, 0) is 21.6 Å². The van der Waals surface area contributed by atoms with Crippen LogP contribution in [0.1, 0.15) is 48.9 Å². The molecule has 2 aromatic carbocycles. The molecule has 0 heterocycles. The normalized spacial score (nSPS) is 12.7. The Bertz CT molecular complexity index is 843. The number of benzene rings is 2. The van der Waals surface area contributed by atoms with E-state index < -0.39 is 0 Å². The number of halogens is 2. The molecule has 0 radical (unpaired) electrons. The molecule has 0 atom stereocenters. The molecule has 174 valence electrons. The maximum atomic E-state index is 3.31. The van der Waals surface area contributed by atoms with E-state index in [2.05, 4.69) is 101 Å². The predicted molar refractivity (Wildman–Crippen MR) is 148 cm³/mol. The summed E-state index contributed by atoms with van der Waals surface area (Å²) in [5.74, 6) is 0. The molecule has 2 aromatic rings. The summed E-state index contributed by atoms with van der Waals surface area (Å²) in [6.45, 7) is 8.47. The molecule has 2 aliphatic carbocycles. The van der Waals surface area contributed by atoms with Gasteiger partial charge in [0.15, 0.2) is 0 Å². The van der Waals surface area contributed by atoms with Gasteiger partial charge < -0.3 is 14.9 Å². The number of hydrogen-bond acceptors (Lipinski definition) is 0. The van der Waals surface area contributed by atoms with Gasteiger partial charge in [-0.25, -0.2) is 11.1 Å².